The van der Waals surface area contributed by atoms with Crippen LogP contribution in [0, 0.1) is 0 Å². The number of hydrogen-bond donors (Lipinski definition) is 2. The van der Waals surface area contributed by atoms with Gasteiger partial charge in [0.2, 0.25) is 0 Å². The van der Waals surface area contributed by atoms with Crippen molar-refractivity contribution >= 4 is 12.2 Å². The molecule has 2 aromatic rings. The Hall–Kier alpha value is -2.45. The van der Waals surface area contributed by atoms with Crippen molar-refractivity contribution in [1.82, 2.24) is 20.6 Å². The van der Waals surface area contributed by atoms with Crippen LogP contribution < -0.4 is 5.43 Å². The number of aromatic amines is 1. The fourth-order valence-electron chi connectivity index (χ4n) is 1.24. The van der Waals surface area contributed by atoms with Crippen molar-refractivity contribution in [3.05, 3.63) is 35.4 Å². The first kappa shape index (κ1) is 12.0. The first-order chi connectivity index (χ1) is 8.57. The Morgan fingerprint density at radius 2 is 2.06 bits per heavy atom. The SMILES string of the molecule is FC(F)(F)c1ccccc1C=NNc1nn[nH]n1. The van der Waals surface area contributed by atoms with Gasteiger partial charge in [0.25, 0.3) is 5.95 Å². The molecule has 0 saturated carbocycles. The summed E-state index contributed by atoms with van der Waals surface area (Å²) in [6, 6.07) is 5.09. The van der Waals surface area contributed by atoms with Crippen LogP contribution in [0.5, 0.6) is 0 Å². The topological polar surface area (TPSA) is 78.9 Å². The minimum Gasteiger partial charge on any atom is -0.243 e. The monoisotopic (exact) mass is 256 g/mol. The molecular weight excluding hydrogens is 249 g/mol. The van der Waals surface area contributed by atoms with Crippen molar-refractivity contribution in [3.63, 3.8) is 0 Å². The maximum atomic E-state index is 12.6. The largest absolute Gasteiger partial charge is 0.417 e. The summed E-state index contributed by atoms with van der Waals surface area (Å²) in [4.78, 5) is 0. The van der Waals surface area contributed by atoms with E-state index in [0.29, 0.717) is 0 Å². The molecule has 2 rings (SSSR count). The lowest BCUT2D eigenvalue weighted by atomic mass is 10.1. The lowest BCUT2D eigenvalue weighted by Gasteiger charge is -2.08. The summed E-state index contributed by atoms with van der Waals surface area (Å²) >= 11 is 0. The molecule has 1 aromatic heterocycles. The van der Waals surface area contributed by atoms with Crippen molar-refractivity contribution in [2.24, 2.45) is 5.10 Å². The Bertz CT molecular complexity index is 533. The number of nitrogens with one attached hydrogen (secondary N) is 2. The van der Waals surface area contributed by atoms with E-state index in [9.17, 15) is 13.2 Å². The Morgan fingerprint density at radius 3 is 2.72 bits per heavy atom. The highest BCUT2D eigenvalue weighted by atomic mass is 19.4. The highest BCUT2D eigenvalue weighted by Gasteiger charge is 2.32. The predicted octanol–water partition coefficient (Wildman–Crippen LogP) is 1.66. The number of halogens is 3. The first-order valence-corrected chi connectivity index (χ1v) is 4.76. The molecule has 0 bridgehead atoms. The van der Waals surface area contributed by atoms with Crippen LogP contribution in [0.2, 0.25) is 0 Å². The molecule has 1 aromatic carbocycles. The summed E-state index contributed by atoms with van der Waals surface area (Å²) in [6.07, 6.45) is -3.38. The number of benzene rings is 1. The van der Waals surface area contributed by atoms with E-state index < -0.39 is 11.7 Å². The van der Waals surface area contributed by atoms with Gasteiger partial charge in [-0.25, -0.2) is 5.43 Å². The van der Waals surface area contributed by atoms with Crippen molar-refractivity contribution < 1.29 is 13.2 Å². The number of H-pyrrole nitrogens is 1. The highest BCUT2D eigenvalue weighted by molar-refractivity contribution is 5.82. The Balaban J connectivity index is 2.16. The molecule has 1 heterocycles. The molecule has 94 valence electrons. The zero-order chi connectivity index (χ0) is 13.0. The standard InChI is InChI=1S/C9H7F3N6/c10-9(11,12)7-4-2-1-3-6(7)5-13-14-8-15-17-18-16-8/h1-5H,(H2,14,15,16,17,18). The number of hydrazone groups is 1. The van der Waals surface area contributed by atoms with Crippen LogP contribution in [0.15, 0.2) is 29.4 Å². The van der Waals surface area contributed by atoms with Crippen molar-refractivity contribution in [3.8, 4) is 0 Å². The minimum absolute atomic E-state index is 0.0546. The van der Waals surface area contributed by atoms with Gasteiger partial charge >= 0.3 is 6.18 Å². The van der Waals surface area contributed by atoms with Gasteiger partial charge in [-0.05, 0) is 11.3 Å². The minimum atomic E-state index is -4.42. The van der Waals surface area contributed by atoms with E-state index in [0.717, 1.165) is 12.3 Å². The van der Waals surface area contributed by atoms with Gasteiger partial charge in [0.1, 0.15) is 0 Å². The number of hydrogen-bond acceptors (Lipinski definition) is 5. The van der Waals surface area contributed by atoms with E-state index in [-0.39, 0.29) is 11.5 Å². The molecule has 0 atom stereocenters. The van der Waals surface area contributed by atoms with Crippen LogP contribution in [-0.4, -0.2) is 26.8 Å². The van der Waals surface area contributed by atoms with Crippen molar-refractivity contribution in [2.75, 3.05) is 5.43 Å². The molecule has 18 heavy (non-hydrogen) atoms. The lowest BCUT2D eigenvalue weighted by molar-refractivity contribution is -0.137. The molecule has 0 radical (unpaired) electrons. The normalized spacial score (nSPS) is 11.9. The quantitative estimate of drug-likeness (QED) is 0.646. The third-order valence-corrected chi connectivity index (χ3v) is 1.98. The zero-order valence-electron chi connectivity index (χ0n) is 8.81. The average Bonchev–Trinajstić information content (AvgIpc) is 2.81. The number of anilines is 1. The van der Waals surface area contributed by atoms with Crippen LogP contribution in [0.3, 0.4) is 0 Å². The van der Waals surface area contributed by atoms with Crippen LogP contribution in [0.4, 0.5) is 19.1 Å². The third-order valence-electron chi connectivity index (χ3n) is 1.98. The van der Waals surface area contributed by atoms with Crippen molar-refractivity contribution in [2.45, 2.75) is 6.18 Å². The molecular formula is C9H7F3N6. The van der Waals surface area contributed by atoms with Crippen LogP contribution in [0.25, 0.3) is 0 Å². The molecule has 6 nitrogen and oxygen atoms in total. The Labute approximate surface area is 98.9 Å². The fraction of sp³-hybridized carbons (Fsp3) is 0.111. The zero-order valence-corrected chi connectivity index (χ0v) is 8.81. The molecule has 9 heteroatoms. The molecule has 0 fully saturated rings. The first-order valence-electron chi connectivity index (χ1n) is 4.76. The summed E-state index contributed by atoms with van der Waals surface area (Å²) in [5, 5.41) is 16.1. The molecule has 0 amide bonds. The fourth-order valence-corrected chi connectivity index (χ4v) is 1.24. The van der Waals surface area contributed by atoms with E-state index in [2.05, 4.69) is 31.2 Å². The summed E-state index contributed by atoms with van der Waals surface area (Å²) in [6.45, 7) is 0. The number of aromatic nitrogens is 4. The van der Waals surface area contributed by atoms with E-state index in [4.69, 9.17) is 0 Å². The number of rotatable bonds is 3. The van der Waals surface area contributed by atoms with Crippen molar-refractivity contribution in [1.29, 1.82) is 0 Å². The molecule has 0 aliphatic carbocycles. The van der Waals surface area contributed by atoms with E-state index >= 15 is 0 Å². The van der Waals surface area contributed by atoms with Gasteiger partial charge in [-0.15, -0.1) is 5.10 Å². The van der Waals surface area contributed by atoms with Crippen LogP contribution in [0.1, 0.15) is 11.1 Å². The summed E-state index contributed by atoms with van der Waals surface area (Å²) in [5.41, 5.74) is 1.52. The summed E-state index contributed by atoms with van der Waals surface area (Å²) in [5.74, 6) is 0.0655. The molecule has 2 N–H and O–H groups in total. The molecule has 0 saturated heterocycles. The average molecular weight is 256 g/mol. The smallest absolute Gasteiger partial charge is 0.243 e. The van der Waals surface area contributed by atoms with Gasteiger partial charge in [-0.1, -0.05) is 23.3 Å². The van der Waals surface area contributed by atoms with E-state index in [1.54, 1.807) is 0 Å². The molecule has 0 aliphatic rings. The van der Waals surface area contributed by atoms with Gasteiger partial charge in [-0.2, -0.15) is 23.5 Å². The van der Waals surface area contributed by atoms with Crippen LogP contribution >= 0.6 is 0 Å². The van der Waals surface area contributed by atoms with Gasteiger partial charge in [0, 0.05) is 5.56 Å². The van der Waals surface area contributed by atoms with E-state index in [1.165, 1.54) is 18.2 Å². The van der Waals surface area contributed by atoms with Gasteiger partial charge in [0.05, 0.1) is 11.8 Å². The number of tetrazole rings is 1. The summed E-state index contributed by atoms with van der Waals surface area (Å²) < 4.78 is 37.9. The third kappa shape index (κ3) is 2.81. The lowest BCUT2D eigenvalue weighted by Crippen LogP contribution is -2.08. The second kappa shape index (κ2) is 4.82. The van der Waals surface area contributed by atoms with Gasteiger partial charge < -0.3 is 0 Å². The maximum absolute atomic E-state index is 12.6. The Kier molecular flexibility index (Phi) is 3.22. The molecule has 0 aliphatic heterocycles. The highest BCUT2D eigenvalue weighted by Crippen LogP contribution is 2.30. The predicted molar refractivity (Wildman–Crippen MR) is 56.8 cm³/mol. The number of alkyl halides is 3. The number of nitrogens with zero attached hydrogens (tertiary/aromatic N) is 4. The van der Waals surface area contributed by atoms with Gasteiger partial charge in [-0.3, -0.25) is 0 Å². The molecule has 0 unspecified atom stereocenters. The Morgan fingerprint density at radius 1 is 1.28 bits per heavy atom. The second-order valence-corrected chi connectivity index (χ2v) is 3.19. The van der Waals surface area contributed by atoms with Gasteiger partial charge in [0.15, 0.2) is 0 Å². The second-order valence-electron chi connectivity index (χ2n) is 3.19. The maximum Gasteiger partial charge on any atom is 0.417 e. The molecule has 0 spiro atoms. The van der Waals surface area contributed by atoms with Crippen LogP contribution in [-0.2, 0) is 6.18 Å². The summed E-state index contributed by atoms with van der Waals surface area (Å²) in [7, 11) is 0. The van der Waals surface area contributed by atoms with E-state index in [1.807, 2.05) is 0 Å².